The van der Waals surface area contributed by atoms with Gasteiger partial charge in [-0.3, -0.25) is 0 Å². The molecule has 0 aliphatic carbocycles. The first-order valence-corrected chi connectivity index (χ1v) is 7.00. The van der Waals surface area contributed by atoms with Crippen molar-refractivity contribution >= 4 is 17.4 Å². The Labute approximate surface area is 114 Å². The molecule has 2 unspecified atom stereocenters. The Balaban J connectivity index is 2.18. The van der Waals surface area contributed by atoms with Crippen molar-refractivity contribution in [2.75, 3.05) is 18.6 Å². The Bertz CT molecular complexity index is 411. The van der Waals surface area contributed by atoms with E-state index in [1.807, 2.05) is 13.0 Å². The third-order valence-electron chi connectivity index (χ3n) is 3.61. The topological polar surface area (TPSA) is 25.4 Å². The summed E-state index contributed by atoms with van der Waals surface area (Å²) in [7, 11) is 1.80. The molecule has 1 aromatic heterocycles. The standard InChI is InChI=1S/C14H21ClN2O/c1-10-6-12(9-15)8-14(16-10)17-5-4-13(18-3)7-11(17)2/h6,8,11,13H,4-5,7,9H2,1-3H3. The molecule has 0 bridgehead atoms. The first-order chi connectivity index (χ1) is 8.63. The Kier molecular flexibility index (Phi) is 4.46. The van der Waals surface area contributed by atoms with Gasteiger partial charge in [0.1, 0.15) is 5.82 Å². The number of nitrogens with zero attached hydrogens (tertiary/aromatic N) is 2. The van der Waals surface area contributed by atoms with Crippen LogP contribution >= 0.6 is 11.6 Å². The Morgan fingerprint density at radius 3 is 2.89 bits per heavy atom. The van der Waals surface area contributed by atoms with E-state index in [0.29, 0.717) is 18.0 Å². The molecule has 0 amide bonds. The summed E-state index contributed by atoms with van der Waals surface area (Å²) in [6.45, 7) is 5.25. The van der Waals surface area contributed by atoms with Crippen LogP contribution in [-0.4, -0.2) is 30.8 Å². The maximum absolute atomic E-state index is 5.93. The molecule has 2 rings (SSSR count). The molecule has 1 fully saturated rings. The van der Waals surface area contributed by atoms with E-state index in [1.54, 1.807) is 7.11 Å². The highest BCUT2D eigenvalue weighted by atomic mass is 35.5. The van der Waals surface area contributed by atoms with Crippen LogP contribution in [0.2, 0.25) is 0 Å². The zero-order valence-corrected chi connectivity index (χ0v) is 12.1. The number of aryl methyl sites for hydroxylation is 1. The van der Waals surface area contributed by atoms with Crippen LogP contribution in [0.1, 0.15) is 31.0 Å². The molecule has 4 heteroatoms. The number of rotatable bonds is 3. The van der Waals surface area contributed by atoms with Crippen LogP contribution in [0.25, 0.3) is 0 Å². The molecule has 1 saturated heterocycles. The van der Waals surface area contributed by atoms with E-state index in [9.17, 15) is 0 Å². The molecule has 1 aliphatic heterocycles. The zero-order valence-electron chi connectivity index (χ0n) is 11.3. The van der Waals surface area contributed by atoms with Crippen molar-refractivity contribution in [3.8, 4) is 0 Å². The molecule has 0 spiro atoms. The van der Waals surface area contributed by atoms with Gasteiger partial charge >= 0.3 is 0 Å². The second-order valence-corrected chi connectivity index (χ2v) is 5.30. The van der Waals surface area contributed by atoms with Gasteiger partial charge in [-0.1, -0.05) is 0 Å². The van der Waals surface area contributed by atoms with Crippen molar-refractivity contribution in [3.63, 3.8) is 0 Å². The number of anilines is 1. The number of methoxy groups -OCH3 is 1. The maximum atomic E-state index is 5.93. The van der Waals surface area contributed by atoms with Crippen LogP contribution in [0, 0.1) is 6.92 Å². The predicted molar refractivity (Wildman–Crippen MR) is 75.4 cm³/mol. The van der Waals surface area contributed by atoms with Crippen LogP contribution < -0.4 is 4.90 Å². The highest BCUT2D eigenvalue weighted by molar-refractivity contribution is 6.17. The fourth-order valence-corrected chi connectivity index (χ4v) is 2.78. The van der Waals surface area contributed by atoms with E-state index in [-0.39, 0.29) is 0 Å². The van der Waals surface area contributed by atoms with E-state index in [0.717, 1.165) is 36.5 Å². The van der Waals surface area contributed by atoms with Crippen molar-refractivity contribution in [3.05, 3.63) is 23.4 Å². The summed E-state index contributed by atoms with van der Waals surface area (Å²) in [5, 5.41) is 0. The molecule has 18 heavy (non-hydrogen) atoms. The van der Waals surface area contributed by atoms with E-state index < -0.39 is 0 Å². The van der Waals surface area contributed by atoms with Gasteiger partial charge in [0.15, 0.2) is 0 Å². The average molecular weight is 269 g/mol. The van der Waals surface area contributed by atoms with E-state index in [1.165, 1.54) is 0 Å². The molecule has 100 valence electrons. The highest BCUT2D eigenvalue weighted by Crippen LogP contribution is 2.26. The van der Waals surface area contributed by atoms with Crippen molar-refractivity contribution in [1.29, 1.82) is 0 Å². The Hall–Kier alpha value is -0.800. The summed E-state index contributed by atoms with van der Waals surface area (Å²) in [5.41, 5.74) is 2.17. The molecule has 2 atom stereocenters. The van der Waals surface area contributed by atoms with Gasteiger partial charge in [0, 0.05) is 31.3 Å². The smallest absolute Gasteiger partial charge is 0.129 e. The highest BCUT2D eigenvalue weighted by Gasteiger charge is 2.26. The number of ether oxygens (including phenoxy) is 1. The molecule has 0 N–H and O–H groups in total. The van der Waals surface area contributed by atoms with Gasteiger partial charge < -0.3 is 9.64 Å². The van der Waals surface area contributed by atoms with Gasteiger partial charge in [-0.2, -0.15) is 0 Å². The molecule has 2 heterocycles. The van der Waals surface area contributed by atoms with E-state index >= 15 is 0 Å². The SMILES string of the molecule is COC1CCN(c2cc(CCl)cc(C)n2)C(C)C1. The molecule has 1 aromatic rings. The zero-order chi connectivity index (χ0) is 13.1. The molecular weight excluding hydrogens is 248 g/mol. The molecule has 0 radical (unpaired) electrons. The summed E-state index contributed by atoms with van der Waals surface area (Å²) in [5.74, 6) is 1.59. The summed E-state index contributed by atoms with van der Waals surface area (Å²) in [6, 6.07) is 4.60. The van der Waals surface area contributed by atoms with E-state index in [4.69, 9.17) is 16.3 Å². The minimum atomic E-state index is 0.383. The lowest BCUT2D eigenvalue weighted by atomic mass is 10.0. The van der Waals surface area contributed by atoms with Crippen molar-refractivity contribution < 1.29 is 4.74 Å². The third kappa shape index (κ3) is 2.96. The summed E-state index contributed by atoms with van der Waals surface area (Å²) in [6.07, 6.45) is 2.50. The number of alkyl halides is 1. The molecule has 0 saturated carbocycles. The largest absolute Gasteiger partial charge is 0.381 e. The van der Waals surface area contributed by atoms with Gasteiger partial charge in [-0.05, 0) is 44.4 Å². The number of pyridine rings is 1. The average Bonchev–Trinajstić information content (AvgIpc) is 2.37. The second kappa shape index (κ2) is 5.89. The summed E-state index contributed by atoms with van der Waals surface area (Å²) < 4.78 is 5.45. The molecule has 1 aliphatic rings. The normalized spacial score (nSPS) is 24.3. The molecule has 3 nitrogen and oxygen atoms in total. The monoisotopic (exact) mass is 268 g/mol. The second-order valence-electron chi connectivity index (χ2n) is 5.03. The molecule has 0 aromatic carbocycles. The summed E-state index contributed by atoms with van der Waals surface area (Å²) in [4.78, 5) is 6.99. The molecular formula is C14H21ClN2O. The summed E-state index contributed by atoms with van der Waals surface area (Å²) >= 11 is 5.93. The minimum absolute atomic E-state index is 0.383. The Morgan fingerprint density at radius 2 is 2.28 bits per heavy atom. The van der Waals surface area contributed by atoms with Gasteiger partial charge in [-0.25, -0.2) is 4.98 Å². The fourth-order valence-electron chi connectivity index (χ4n) is 2.63. The van der Waals surface area contributed by atoms with Crippen molar-refractivity contribution in [2.45, 2.75) is 44.7 Å². The fraction of sp³-hybridized carbons (Fsp3) is 0.643. The van der Waals surface area contributed by atoms with Crippen molar-refractivity contribution in [1.82, 2.24) is 4.98 Å². The number of hydrogen-bond donors (Lipinski definition) is 0. The van der Waals surface area contributed by atoms with Crippen LogP contribution in [0.5, 0.6) is 0 Å². The van der Waals surface area contributed by atoms with Gasteiger partial charge in [-0.15, -0.1) is 11.6 Å². The predicted octanol–water partition coefficient (Wildman–Crippen LogP) is 3.13. The van der Waals surface area contributed by atoms with Crippen LogP contribution in [0.15, 0.2) is 12.1 Å². The quantitative estimate of drug-likeness (QED) is 0.788. The number of aromatic nitrogens is 1. The lowest BCUT2D eigenvalue weighted by Crippen LogP contribution is -2.43. The minimum Gasteiger partial charge on any atom is -0.381 e. The van der Waals surface area contributed by atoms with Crippen LogP contribution in [0.4, 0.5) is 5.82 Å². The lowest BCUT2D eigenvalue weighted by Gasteiger charge is -2.38. The lowest BCUT2D eigenvalue weighted by molar-refractivity contribution is 0.0719. The third-order valence-corrected chi connectivity index (χ3v) is 3.92. The van der Waals surface area contributed by atoms with Gasteiger partial charge in [0.2, 0.25) is 0 Å². The van der Waals surface area contributed by atoms with Crippen LogP contribution in [-0.2, 0) is 10.6 Å². The van der Waals surface area contributed by atoms with Crippen LogP contribution in [0.3, 0.4) is 0 Å². The van der Waals surface area contributed by atoms with Gasteiger partial charge in [0.25, 0.3) is 0 Å². The Morgan fingerprint density at radius 1 is 1.50 bits per heavy atom. The van der Waals surface area contributed by atoms with Gasteiger partial charge in [0.05, 0.1) is 6.10 Å². The first kappa shape index (κ1) is 13.6. The first-order valence-electron chi connectivity index (χ1n) is 6.47. The maximum Gasteiger partial charge on any atom is 0.129 e. The number of piperidine rings is 1. The van der Waals surface area contributed by atoms with E-state index in [2.05, 4.69) is 22.9 Å². The van der Waals surface area contributed by atoms with Crippen molar-refractivity contribution in [2.24, 2.45) is 0 Å². The number of halogens is 1. The number of hydrogen-bond acceptors (Lipinski definition) is 3.